The fraction of sp³-hybridized carbons (Fsp3) is 0.565. The fourth-order valence-electron chi connectivity index (χ4n) is 6.17. The standard InChI is InChI=1S/C23H26N2O3S2/c26-17(24-8-10-28-11-9-24)13-25-22-21(30-23(25)27)18(14-4-2-1-3-5-14)19-15-6-7-16(12-15)20(19)29-22/h1-5,15-16,18-20H,6-13H2/t15?,16?,18-,19?,20?/m1/s1. The van der Waals surface area contributed by atoms with Crippen molar-refractivity contribution >= 4 is 29.0 Å². The first-order valence-electron chi connectivity index (χ1n) is 11.0. The second kappa shape index (κ2) is 7.53. The number of morpholine rings is 1. The molecule has 2 aliphatic heterocycles. The lowest BCUT2D eigenvalue weighted by Crippen LogP contribution is -2.43. The van der Waals surface area contributed by atoms with Crippen molar-refractivity contribution in [1.29, 1.82) is 0 Å². The van der Waals surface area contributed by atoms with Crippen molar-refractivity contribution in [3.05, 3.63) is 50.4 Å². The van der Waals surface area contributed by atoms with E-state index in [2.05, 4.69) is 30.3 Å². The molecule has 1 amide bonds. The third kappa shape index (κ3) is 3.00. The van der Waals surface area contributed by atoms with Crippen molar-refractivity contribution in [1.82, 2.24) is 9.47 Å². The molecule has 0 radical (unpaired) electrons. The highest BCUT2D eigenvalue weighted by Crippen LogP contribution is 2.63. The van der Waals surface area contributed by atoms with E-state index in [1.54, 1.807) is 4.57 Å². The number of hydrogen-bond donors (Lipinski definition) is 0. The summed E-state index contributed by atoms with van der Waals surface area (Å²) < 4.78 is 7.15. The monoisotopic (exact) mass is 442 g/mol. The van der Waals surface area contributed by atoms with Crippen molar-refractivity contribution in [3.63, 3.8) is 0 Å². The average molecular weight is 443 g/mol. The molecule has 2 aromatic rings. The molecule has 2 aliphatic carbocycles. The van der Waals surface area contributed by atoms with Crippen LogP contribution in [0.25, 0.3) is 0 Å². The molecule has 1 saturated heterocycles. The van der Waals surface area contributed by atoms with E-state index in [0.717, 1.165) is 16.9 Å². The van der Waals surface area contributed by atoms with Crippen molar-refractivity contribution in [2.45, 2.75) is 42.0 Å². The molecule has 30 heavy (non-hydrogen) atoms. The summed E-state index contributed by atoms with van der Waals surface area (Å²) in [5, 5.41) is 1.63. The zero-order chi connectivity index (χ0) is 20.2. The summed E-state index contributed by atoms with van der Waals surface area (Å²) in [6.45, 7) is 2.56. The zero-order valence-corrected chi connectivity index (χ0v) is 18.5. The molecule has 0 spiro atoms. The number of hydrogen-bond acceptors (Lipinski definition) is 5. The number of thiazole rings is 1. The zero-order valence-electron chi connectivity index (χ0n) is 16.9. The van der Waals surface area contributed by atoms with Crippen LogP contribution in [0.15, 0.2) is 40.2 Å². The molecule has 6 rings (SSSR count). The molecular formula is C23H26N2O3S2. The maximum absolute atomic E-state index is 13.1. The van der Waals surface area contributed by atoms with E-state index >= 15 is 0 Å². The molecule has 5 nitrogen and oxygen atoms in total. The summed E-state index contributed by atoms with van der Waals surface area (Å²) in [6, 6.07) is 10.7. The lowest BCUT2D eigenvalue weighted by molar-refractivity contribution is -0.136. The van der Waals surface area contributed by atoms with Gasteiger partial charge < -0.3 is 9.64 Å². The third-order valence-corrected chi connectivity index (χ3v) is 10.3. The van der Waals surface area contributed by atoms with E-state index in [1.807, 2.05) is 16.7 Å². The summed E-state index contributed by atoms with van der Waals surface area (Å²) >= 11 is 3.28. The molecule has 7 heteroatoms. The van der Waals surface area contributed by atoms with E-state index in [-0.39, 0.29) is 17.3 Å². The second-order valence-corrected chi connectivity index (χ2v) is 11.2. The van der Waals surface area contributed by atoms with Gasteiger partial charge in [-0.3, -0.25) is 14.2 Å². The summed E-state index contributed by atoms with van der Waals surface area (Å²) in [5.41, 5.74) is 1.33. The normalized spacial score (nSPS) is 32.1. The van der Waals surface area contributed by atoms with Gasteiger partial charge in [-0.25, -0.2) is 0 Å². The summed E-state index contributed by atoms with van der Waals surface area (Å²) in [7, 11) is 0. The molecule has 1 aromatic heterocycles. The molecule has 4 aliphatic rings. The highest BCUT2D eigenvalue weighted by Gasteiger charge is 2.55. The minimum absolute atomic E-state index is 0.0161. The van der Waals surface area contributed by atoms with Crippen LogP contribution < -0.4 is 4.87 Å². The fourth-order valence-corrected chi connectivity index (χ4v) is 9.32. The second-order valence-electron chi connectivity index (χ2n) is 9.00. The van der Waals surface area contributed by atoms with Crippen LogP contribution in [0, 0.1) is 17.8 Å². The molecule has 2 bridgehead atoms. The number of fused-ring (bicyclic) bond motifs is 6. The number of benzene rings is 1. The van der Waals surface area contributed by atoms with Crippen LogP contribution >= 0.6 is 23.1 Å². The molecular weight excluding hydrogens is 416 g/mol. The molecule has 3 fully saturated rings. The Hall–Kier alpha value is -1.57. The van der Waals surface area contributed by atoms with Crippen LogP contribution in [0.1, 0.15) is 35.6 Å². The van der Waals surface area contributed by atoms with Crippen molar-refractivity contribution in [2.24, 2.45) is 17.8 Å². The molecule has 2 saturated carbocycles. The van der Waals surface area contributed by atoms with E-state index in [4.69, 9.17) is 4.74 Å². The molecule has 1 aromatic carbocycles. The van der Waals surface area contributed by atoms with E-state index in [0.29, 0.717) is 43.4 Å². The number of ether oxygens (including phenoxy) is 1. The summed E-state index contributed by atoms with van der Waals surface area (Å²) in [5.74, 6) is 2.47. The summed E-state index contributed by atoms with van der Waals surface area (Å²) in [6.07, 6.45) is 3.98. The SMILES string of the molecule is O=C(Cn1c2c(sc1=O)[C@H](c1ccccc1)C1C3CCC(C3)C1S2)N1CCOCC1. The average Bonchev–Trinajstić information content (AvgIpc) is 3.48. The molecule has 4 unspecified atom stereocenters. The van der Waals surface area contributed by atoms with Crippen LogP contribution in [0.3, 0.4) is 0 Å². The number of carbonyl (C=O) groups excluding carboxylic acids is 1. The van der Waals surface area contributed by atoms with Crippen LogP contribution in [0.5, 0.6) is 0 Å². The highest BCUT2D eigenvalue weighted by molar-refractivity contribution is 8.00. The van der Waals surface area contributed by atoms with Crippen LogP contribution in [0.4, 0.5) is 0 Å². The highest BCUT2D eigenvalue weighted by atomic mass is 32.2. The number of aromatic nitrogens is 1. The first-order valence-corrected chi connectivity index (χ1v) is 12.7. The van der Waals surface area contributed by atoms with Gasteiger partial charge in [-0.1, -0.05) is 41.7 Å². The van der Waals surface area contributed by atoms with Gasteiger partial charge in [0.1, 0.15) is 6.54 Å². The Bertz CT molecular complexity index is 1010. The van der Waals surface area contributed by atoms with E-state index < -0.39 is 0 Å². The predicted molar refractivity (Wildman–Crippen MR) is 118 cm³/mol. The predicted octanol–water partition coefficient (Wildman–Crippen LogP) is 3.42. The Labute approximate surface area is 184 Å². The Balaban J connectivity index is 1.40. The lowest BCUT2D eigenvalue weighted by Gasteiger charge is -2.40. The van der Waals surface area contributed by atoms with Crippen molar-refractivity contribution in [2.75, 3.05) is 26.3 Å². The minimum Gasteiger partial charge on any atom is -0.378 e. The first-order chi connectivity index (χ1) is 14.7. The number of carbonyl (C=O) groups is 1. The van der Waals surface area contributed by atoms with Gasteiger partial charge in [0.05, 0.1) is 18.2 Å². The van der Waals surface area contributed by atoms with Crippen LogP contribution in [-0.2, 0) is 16.1 Å². The minimum atomic E-state index is 0.0161. The largest absolute Gasteiger partial charge is 0.378 e. The molecule has 158 valence electrons. The van der Waals surface area contributed by atoms with Gasteiger partial charge in [0.2, 0.25) is 5.91 Å². The maximum atomic E-state index is 13.1. The van der Waals surface area contributed by atoms with Gasteiger partial charge in [-0.15, -0.1) is 11.8 Å². The lowest BCUT2D eigenvalue weighted by atomic mass is 9.75. The third-order valence-electron chi connectivity index (χ3n) is 7.51. The van der Waals surface area contributed by atoms with Gasteiger partial charge in [0, 0.05) is 29.1 Å². The molecule has 0 N–H and O–H groups in total. The van der Waals surface area contributed by atoms with Crippen molar-refractivity contribution in [3.8, 4) is 0 Å². The molecule has 5 atom stereocenters. The van der Waals surface area contributed by atoms with Gasteiger partial charge in [-0.2, -0.15) is 0 Å². The van der Waals surface area contributed by atoms with Gasteiger partial charge >= 0.3 is 4.87 Å². The van der Waals surface area contributed by atoms with Gasteiger partial charge in [0.25, 0.3) is 0 Å². The summed E-state index contributed by atoms with van der Waals surface area (Å²) in [4.78, 5) is 29.0. The van der Waals surface area contributed by atoms with Gasteiger partial charge in [0.15, 0.2) is 0 Å². The maximum Gasteiger partial charge on any atom is 0.308 e. The van der Waals surface area contributed by atoms with Crippen LogP contribution in [-0.4, -0.2) is 46.9 Å². The Morgan fingerprint density at radius 1 is 1.10 bits per heavy atom. The molecule has 3 heterocycles. The topological polar surface area (TPSA) is 51.5 Å². The van der Waals surface area contributed by atoms with Crippen LogP contribution in [0.2, 0.25) is 0 Å². The Morgan fingerprint density at radius 2 is 1.87 bits per heavy atom. The van der Waals surface area contributed by atoms with E-state index in [1.165, 1.54) is 41.0 Å². The Kier molecular flexibility index (Phi) is 4.81. The quantitative estimate of drug-likeness (QED) is 0.731. The Morgan fingerprint density at radius 3 is 2.67 bits per heavy atom. The smallest absolute Gasteiger partial charge is 0.308 e. The van der Waals surface area contributed by atoms with Gasteiger partial charge in [-0.05, 0) is 42.6 Å². The van der Waals surface area contributed by atoms with Crippen molar-refractivity contribution < 1.29 is 9.53 Å². The number of amides is 1. The van der Waals surface area contributed by atoms with E-state index in [9.17, 15) is 9.59 Å². The number of thioether (sulfide) groups is 1. The first kappa shape index (κ1) is 19.1. The number of rotatable bonds is 3. The number of nitrogens with zero attached hydrogens (tertiary/aromatic N) is 2.